The van der Waals surface area contributed by atoms with Gasteiger partial charge < -0.3 is 5.73 Å². The molecular weight excluding hydrogens is 188 g/mol. The van der Waals surface area contributed by atoms with Gasteiger partial charge in [-0.15, -0.1) is 0 Å². The van der Waals surface area contributed by atoms with E-state index in [0.717, 1.165) is 11.1 Å². The number of carbonyl (C=O) groups excluding carboxylic acids is 2. The molecule has 2 amide bonds. The highest BCUT2D eigenvalue weighted by molar-refractivity contribution is 6.02. The highest BCUT2D eigenvalue weighted by Crippen LogP contribution is 2.00. The van der Waals surface area contributed by atoms with Crippen LogP contribution in [0.5, 0.6) is 0 Å². The molecule has 1 rings (SSSR count). The lowest BCUT2D eigenvalue weighted by atomic mass is 10.3. The number of nitrogens with zero attached hydrogens (tertiary/aromatic N) is 3. The van der Waals surface area contributed by atoms with Gasteiger partial charge in [0.05, 0.1) is 0 Å². The van der Waals surface area contributed by atoms with E-state index in [2.05, 4.69) is 14.9 Å². The number of hydrogen-bond donors (Lipinski definition) is 1. The maximum absolute atomic E-state index is 11.5. The van der Waals surface area contributed by atoms with Crippen LogP contribution in [0.1, 0.15) is 17.4 Å². The Morgan fingerprint density at radius 2 is 2.36 bits per heavy atom. The summed E-state index contributed by atoms with van der Waals surface area (Å²) in [6.45, 7) is 1.64. The molecule has 76 valence electrons. The second kappa shape index (κ2) is 4.47. The number of rotatable bonds is 3. The fourth-order valence-corrected chi connectivity index (χ4v) is 0.928. The van der Waals surface area contributed by atoms with Gasteiger partial charge in [0.2, 0.25) is 5.91 Å². The minimum Gasteiger partial charge on any atom is -0.329 e. The number of hydrogen-bond acceptors (Lipinski definition) is 6. The third kappa shape index (κ3) is 2.13. The standard InChI is InChI=1S/C7H10N4O3/c1-5(12)11(3-2-8)7(13)6-4-9-14-10-6/h4H,2-3,8H2,1H3. The van der Waals surface area contributed by atoms with Gasteiger partial charge in [-0.25, -0.2) is 4.63 Å². The minimum absolute atomic E-state index is 0.00588. The van der Waals surface area contributed by atoms with Crippen molar-refractivity contribution in [1.29, 1.82) is 0 Å². The molecule has 0 radical (unpaired) electrons. The molecule has 1 aromatic rings. The zero-order chi connectivity index (χ0) is 10.6. The topological polar surface area (TPSA) is 102 Å². The Kier molecular flexibility index (Phi) is 3.29. The van der Waals surface area contributed by atoms with Crippen LogP contribution in [0.4, 0.5) is 0 Å². The summed E-state index contributed by atoms with van der Waals surface area (Å²) in [6, 6.07) is 0. The van der Waals surface area contributed by atoms with Crippen LogP contribution in [0.3, 0.4) is 0 Å². The van der Waals surface area contributed by atoms with Gasteiger partial charge in [0.1, 0.15) is 6.20 Å². The quantitative estimate of drug-likeness (QED) is 0.669. The molecule has 0 unspecified atom stereocenters. The smallest absolute Gasteiger partial charge is 0.284 e. The lowest BCUT2D eigenvalue weighted by molar-refractivity contribution is -0.126. The van der Waals surface area contributed by atoms with E-state index >= 15 is 0 Å². The summed E-state index contributed by atoms with van der Waals surface area (Å²) in [5.41, 5.74) is 5.25. The zero-order valence-electron chi connectivity index (χ0n) is 7.64. The fraction of sp³-hybridized carbons (Fsp3) is 0.429. The summed E-state index contributed by atoms with van der Waals surface area (Å²) < 4.78 is 4.25. The first-order chi connectivity index (χ1) is 6.66. The molecule has 7 heteroatoms. The first kappa shape index (κ1) is 10.3. The Hall–Kier alpha value is -1.76. The molecule has 0 aliphatic heterocycles. The summed E-state index contributed by atoms with van der Waals surface area (Å²) in [4.78, 5) is 23.6. The van der Waals surface area contributed by atoms with Gasteiger partial charge in [0.15, 0.2) is 5.69 Å². The van der Waals surface area contributed by atoms with Crippen molar-refractivity contribution in [1.82, 2.24) is 15.2 Å². The maximum Gasteiger partial charge on any atom is 0.284 e. The van der Waals surface area contributed by atoms with Gasteiger partial charge in [-0.2, -0.15) is 0 Å². The number of carbonyl (C=O) groups is 2. The van der Waals surface area contributed by atoms with Crippen LogP contribution >= 0.6 is 0 Å². The average molecular weight is 198 g/mol. The van der Waals surface area contributed by atoms with E-state index in [9.17, 15) is 9.59 Å². The van der Waals surface area contributed by atoms with Gasteiger partial charge in [0.25, 0.3) is 5.91 Å². The molecule has 0 aromatic carbocycles. The third-order valence-electron chi connectivity index (χ3n) is 1.56. The van der Waals surface area contributed by atoms with Crippen LogP contribution in [0.25, 0.3) is 0 Å². The number of imide groups is 1. The van der Waals surface area contributed by atoms with E-state index in [-0.39, 0.29) is 24.7 Å². The molecular formula is C7H10N4O3. The summed E-state index contributed by atoms with van der Waals surface area (Å²) in [5.74, 6) is -0.937. The molecule has 0 saturated heterocycles. The van der Waals surface area contributed by atoms with Gasteiger partial charge in [-0.05, 0) is 5.16 Å². The average Bonchev–Trinajstić information content (AvgIpc) is 2.65. The lowest BCUT2D eigenvalue weighted by Gasteiger charge is -2.15. The normalized spacial score (nSPS) is 9.86. The van der Waals surface area contributed by atoms with Crippen molar-refractivity contribution in [2.75, 3.05) is 13.1 Å². The van der Waals surface area contributed by atoms with Gasteiger partial charge in [-0.1, -0.05) is 5.16 Å². The molecule has 1 heterocycles. The Bertz CT molecular complexity index is 322. The summed E-state index contributed by atoms with van der Waals surface area (Å²) in [5, 5.41) is 6.60. The monoisotopic (exact) mass is 198 g/mol. The fourth-order valence-electron chi connectivity index (χ4n) is 0.928. The van der Waals surface area contributed by atoms with E-state index in [1.807, 2.05) is 0 Å². The molecule has 0 aliphatic rings. The van der Waals surface area contributed by atoms with Crippen molar-refractivity contribution < 1.29 is 14.2 Å². The molecule has 1 aromatic heterocycles. The molecule has 0 saturated carbocycles. The van der Waals surface area contributed by atoms with E-state index < -0.39 is 5.91 Å². The van der Waals surface area contributed by atoms with Crippen molar-refractivity contribution in [3.63, 3.8) is 0 Å². The first-order valence-electron chi connectivity index (χ1n) is 3.97. The molecule has 0 atom stereocenters. The van der Waals surface area contributed by atoms with E-state index in [4.69, 9.17) is 5.73 Å². The van der Waals surface area contributed by atoms with Crippen LogP contribution in [0.15, 0.2) is 10.8 Å². The van der Waals surface area contributed by atoms with Gasteiger partial charge in [0, 0.05) is 20.0 Å². The molecule has 0 spiro atoms. The summed E-state index contributed by atoms with van der Waals surface area (Å²) in [7, 11) is 0. The Morgan fingerprint density at radius 1 is 1.64 bits per heavy atom. The summed E-state index contributed by atoms with van der Waals surface area (Å²) in [6.07, 6.45) is 1.15. The molecule has 0 aliphatic carbocycles. The van der Waals surface area contributed by atoms with Crippen LogP contribution < -0.4 is 5.73 Å². The van der Waals surface area contributed by atoms with Gasteiger partial charge in [-0.3, -0.25) is 14.5 Å². The highest BCUT2D eigenvalue weighted by atomic mass is 16.6. The van der Waals surface area contributed by atoms with E-state index in [1.165, 1.54) is 6.92 Å². The molecule has 0 bridgehead atoms. The van der Waals surface area contributed by atoms with E-state index in [1.54, 1.807) is 0 Å². The number of nitrogens with two attached hydrogens (primary N) is 1. The molecule has 2 N–H and O–H groups in total. The second-order valence-corrected chi connectivity index (χ2v) is 2.56. The predicted molar refractivity (Wildman–Crippen MR) is 45.1 cm³/mol. The van der Waals surface area contributed by atoms with Crippen molar-refractivity contribution in [2.45, 2.75) is 6.92 Å². The Morgan fingerprint density at radius 3 is 2.79 bits per heavy atom. The summed E-state index contributed by atoms with van der Waals surface area (Å²) >= 11 is 0. The van der Waals surface area contributed by atoms with Crippen LogP contribution in [-0.4, -0.2) is 40.1 Å². The SMILES string of the molecule is CC(=O)N(CCN)C(=O)c1cnon1. The van der Waals surface area contributed by atoms with Crippen LogP contribution in [-0.2, 0) is 4.79 Å². The Labute approximate surface area is 79.8 Å². The highest BCUT2D eigenvalue weighted by Gasteiger charge is 2.21. The first-order valence-corrected chi connectivity index (χ1v) is 3.97. The van der Waals surface area contributed by atoms with Crippen LogP contribution in [0, 0.1) is 0 Å². The second-order valence-electron chi connectivity index (χ2n) is 2.56. The maximum atomic E-state index is 11.5. The lowest BCUT2D eigenvalue weighted by Crippen LogP contribution is -2.39. The largest absolute Gasteiger partial charge is 0.329 e. The number of aromatic nitrogens is 2. The van der Waals surface area contributed by atoms with Crippen molar-refractivity contribution in [2.24, 2.45) is 5.73 Å². The predicted octanol–water partition coefficient (Wildman–Crippen LogP) is -0.983. The molecule has 7 nitrogen and oxygen atoms in total. The Balaban J connectivity index is 2.79. The van der Waals surface area contributed by atoms with Crippen molar-refractivity contribution >= 4 is 11.8 Å². The molecule has 0 fully saturated rings. The van der Waals surface area contributed by atoms with Crippen molar-refractivity contribution in [3.05, 3.63) is 11.9 Å². The molecule has 14 heavy (non-hydrogen) atoms. The van der Waals surface area contributed by atoms with Crippen LogP contribution in [0.2, 0.25) is 0 Å². The van der Waals surface area contributed by atoms with Gasteiger partial charge >= 0.3 is 0 Å². The number of amides is 2. The minimum atomic E-state index is -0.552. The van der Waals surface area contributed by atoms with E-state index in [0.29, 0.717) is 0 Å². The van der Waals surface area contributed by atoms with Crippen molar-refractivity contribution in [3.8, 4) is 0 Å². The zero-order valence-corrected chi connectivity index (χ0v) is 7.64. The third-order valence-corrected chi connectivity index (χ3v) is 1.56.